The Kier molecular flexibility index (Phi) is 18.5. The predicted molar refractivity (Wildman–Crippen MR) is 175 cm³/mol. The molecular weight excluding hydrogens is 556 g/mol. The number of hydrogen-bond donors (Lipinski definition) is 3. The number of aliphatic hydroxyl groups excluding tert-OH is 3. The number of unbranched alkanes of at least 4 members (excludes halogenated alkanes) is 12. The number of cyclic esters (lactones) is 1. The molecule has 3 rings (SSSR count). The molecule has 0 spiro atoms. The van der Waals surface area contributed by atoms with Gasteiger partial charge in [-0.25, -0.2) is 4.79 Å². The van der Waals surface area contributed by atoms with Crippen molar-refractivity contribution < 1.29 is 34.3 Å². The number of carbonyl (C=O) groups is 1. The minimum Gasteiger partial charge on any atom is -0.455 e. The fourth-order valence-corrected chi connectivity index (χ4v) is 7.28. The lowest BCUT2D eigenvalue weighted by molar-refractivity contribution is -0.139. The lowest BCUT2D eigenvalue weighted by atomic mass is 9.99. The summed E-state index contributed by atoms with van der Waals surface area (Å²) in [5, 5.41) is 31.6. The molecule has 0 aliphatic carbocycles. The van der Waals surface area contributed by atoms with Crippen molar-refractivity contribution in [2.45, 2.75) is 217 Å². The van der Waals surface area contributed by atoms with Crippen LogP contribution in [0, 0.1) is 0 Å². The highest BCUT2D eigenvalue weighted by Crippen LogP contribution is 2.34. The molecule has 0 radical (unpaired) electrons. The van der Waals surface area contributed by atoms with Crippen LogP contribution in [0.5, 0.6) is 0 Å². The normalized spacial score (nSPS) is 27.4. The summed E-state index contributed by atoms with van der Waals surface area (Å²) in [6.07, 6.45) is 25.7. The molecule has 2 saturated heterocycles. The zero-order valence-electron chi connectivity index (χ0n) is 28.1. The summed E-state index contributed by atoms with van der Waals surface area (Å²) >= 11 is 0. The first-order chi connectivity index (χ1) is 21.4. The lowest BCUT2D eigenvalue weighted by Gasteiger charge is -2.24. The average molecular weight is 623 g/mol. The highest BCUT2D eigenvalue weighted by atomic mass is 16.6. The number of rotatable bonds is 25. The van der Waals surface area contributed by atoms with Crippen LogP contribution in [0.1, 0.15) is 168 Å². The molecule has 0 aromatic heterocycles. The summed E-state index contributed by atoms with van der Waals surface area (Å²) in [5.74, 6) is -0.123. The van der Waals surface area contributed by atoms with Crippen LogP contribution in [0.25, 0.3) is 0 Å². The van der Waals surface area contributed by atoms with Crippen LogP contribution >= 0.6 is 0 Å². The van der Waals surface area contributed by atoms with Crippen LogP contribution in [0.4, 0.5) is 0 Å². The Morgan fingerprint density at radius 1 is 0.659 bits per heavy atom. The van der Waals surface area contributed by atoms with Crippen molar-refractivity contribution in [2.75, 3.05) is 0 Å². The maximum Gasteiger partial charge on any atom is 0.334 e. The van der Waals surface area contributed by atoms with Crippen LogP contribution in [-0.4, -0.2) is 70.1 Å². The van der Waals surface area contributed by atoms with Gasteiger partial charge in [-0.1, -0.05) is 90.4 Å². The molecule has 3 heterocycles. The average Bonchev–Trinajstić information content (AvgIpc) is 3.76. The summed E-state index contributed by atoms with van der Waals surface area (Å²) in [7, 11) is 0. The van der Waals surface area contributed by atoms with Crippen LogP contribution in [0.2, 0.25) is 0 Å². The van der Waals surface area contributed by atoms with Crippen molar-refractivity contribution in [1.82, 2.24) is 0 Å². The molecule has 7 heteroatoms. The van der Waals surface area contributed by atoms with E-state index in [9.17, 15) is 20.1 Å². The molecule has 0 amide bonds. The first kappa shape index (κ1) is 37.5. The van der Waals surface area contributed by atoms with Gasteiger partial charge in [0.25, 0.3) is 0 Å². The minimum absolute atomic E-state index is 0.0170. The molecule has 8 atom stereocenters. The van der Waals surface area contributed by atoms with Crippen molar-refractivity contribution in [3.8, 4) is 0 Å². The predicted octanol–water partition coefficient (Wildman–Crippen LogP) is 7.86. The van der Waals surface area contributed by atoms with Gasteiger partial charge >= 0.3 is 5.97 Å². The number of hydrogen-bond acceptors (Lipinski definition) is 7. The number of aliphatic hydroxyl groups is 3. The number of ether oxygens (including phenoxy) is 3. The second-order valence-corrected chi connectivity index (χ2v) is 14.0. The monoisotopic (exact) mass is 622 g/mol. The molecule has 44 heavy (non-hydrogen) atoms. The summed E-state index contributed by atoms with van der Waals surface area (Å²) in [6.45, 7) is 4.11. The Bertz CT molecular complexity index is 801. The van der Waals surface area contributed by atoms with Gasteiger partial charge < -0.3 is 29.5 Å². The van der Waals surface area contributed by atoms with Gasteiger partial charge in [-0.05, 0) is 83.6 Å². The van der Waals surface area contributed by atoms with Crippen molar-refractivity contribution in [3.05, 3.63) is 11.6 Å². The van der Waals surface area contributed by atoms with Gasteiger partial charge in [-0.2, -0.15) is 0 Å². The molecule has 256 valence electrons. The molecule has 0 aromatic carbocycles. The van der Waals surface area contributed by atoms with Crippen molar-refractivity contribution in [2.24, 2.45) is 0 Å². The first-order valence-corrected chi connectivity index (χ1v) is 18.6. The second-order valence-electron chi connectivity index (χ2n) is 14.0. The van der Waals surface area contributed by atoms with Crippen LogP contribution in [0.3, 0.4) is 0 Å². The quantitative estimate of drug-likeness (QED) is 0.0703. The number of esters is 1. The molecule has 2 fully saturated rings. The van der Waals surface area contributed by atoms with Gasteiger partial charge in [-0.15, -0.1) is 0 Å². The molecule has 0 saturated carbocycles. The molecular formula is C37H66O7. The Hall–Kier alpha value is -0.990. The first-order valence-electron chi connectivity index (χ1n) is 18.6. The second kappa shape index (κ2) is 21.7. The minimum atomic E-state index is -0.479. The molecule has 0 unspecified atom stereocenters. The standard InChI is InChI=1S/C37H66O7/c1-3-4-5-15-19-30(38)20-17-22-32(40)34-24-26-36(44-34)35-25-23-33(43-35)31(39)21-16-13-11-9-7-6-8-10-12-14-18-29-27-28(2)42-37(29)41/h27-28,30-36,38-40H,3-26H2,1-2H3/t28-,30-,31-,32-,33-,34-,35-,36-/m1/s1. The smallest absolute Gasteiger partial charge is 0.334 e. The molecule has 3 aliphatic rings. The van der Waals surface area contributed by atoms with Crippen molar-refractivity contribution >= 4 is 5.97 Å². The summed E-state index contributed by atoms with van der Waals surface area (Å²) in [5.41, 5.74) is 0.863. The van der Waals surface area contributed by atoms with E-state index in [0.29, 0.717) is 6.42 Å². The SMILES string of the molecule is CCCCCC[C@@H](O)CCC[C@@H](O)[C@H]1CC[C@H]([C@H]2CC[C@H]([C@H](O)CCCCCCCCCCCCC3=C[C@@H](C)OC3=O)O2)O1. The van der Waals surface area contributed by atoms with Crippen molar-refractivity contribution in [1.29, 1.82) is 0 Å². The third kappa shape index (κ3) is 14.2. The van der Waals surface area contributed by atoms with Crippen LogP contribution in [0.15, 0.2) is 11.6 Å². The molecule has 3 aliphatic heterocycles. The maximum atomic E-state index is 11.6. The van der Waals surface area contributed by atoms with E-state index in [1.54, 1.807) is 0 Å². The lowest BCUT2D eigenvalue weighted by Crippen LogP contribution is -2.33. The van der Waals surface area contributed by atoms with E-state index >= 15 is 0 Å². The van der Waals surface area contributed by atoms with E-state index in [1.165, 1.54) is 64.2 Å². The van der Waals surface area contributed by atoms with Gasteiger partial charge in [-0.3, -0.25) is 0 Å². The Morgan fingerprint density at radius 2 is 1.14 bits per heavy atom. The van der Waals surface area contributed by atoms with Gasteiger partial charge in [0.15, 0.2) is 0 Å². The third-order valence-electron chi connectivity index (χ3n) is 10.1. The Balaban J connectivity index is 1.13. The Labute approximate surface area is 268 Å². The third-order valence-corrected chi connectivity index (χ3v) is 10.1. The van der Waals surface area contributed by atoms with Gasteiger partial charge in [0.1, 0.15) is 6.10 Å². The van der Waals surface area contributed by atoms with Crippen LogP contribution in [-0.2, 0) is 19.0 Å². The highest BCUT2D eigenvalue weighted by molar-refractivity contribution is 5.90. The van der Waals surface area contributed by atoms with E-state index in [2.05, 4.69) is 6.92 Å². The fourth-order valence-electron chi connectivity index (χ4n) is 7.28. The summed E-state index contributed by atoms with van der Waals surface area (Å²) in [4.78, 5) is 11.6. The molecule has 0 bridgehead atoms. The maximum absolute atomic E-state index is 11.6. The molecule has 3 N–H and O–H groups in total. The molecule has 7 nitrogen and oxygen atoms in total. The van der Waals surface area contributed by atoms with Crippen LogP contribution < -0.4 is 0 Å². The number of carbonyl (C=O) groups excluding carboxylic acids is 1. The van der Waals surface area contributed by atoms with E-state index in [1.807, 2.05) is 13.0 Å². The van der Waals surface area contributed by atoms with Crippen molar-refractivity contribution in [3.63, 3.8) is 0 Å². The zero-order valence-corrected chi connectivity index (χ0v) is 28.1. The molecule has 0 aromatic rings. The highest BCUT2D eigenvalue weighted by Gasteiger charge is 2.40. The van der Waals surface area contributed by atoms with Gasteiger partial charge in [0, 0.05) is 5.57 Å². The Morgan fingerprint density at radius 3 is 1.68 bits per heavy atom. The van der Waals surface area contributed by atoms with E-state index in [4.69, 9.17) is 14.2 Å². The van der Waals surface area contributed by atoms with E-state index < -0.39 is 12.2 Å². The van der Waals surface area contributed by atoms with E-state index in [-0.39, 0.29) is 42.6 Å². The van der Waals surface area contributed by atoms with Gasteiger partial charge in [0.05, 0.1) is 42.7 Å². The summed E-state index contributed by atoms with van der Waals surface area (Å²) in [6, 6.07) is 0. The summed E-state index contributed by atoms with van der Waals surface area (Å²) < 4.78 is 17.7. The zero-order chi connectivity index (χ0) is 31.6. The fraction of sp³-hybridized carbons (Fsp3) is 0.919. The topological polar surface area (TPSA) is 105 Å². The van der Waals surface area contributed by atoms with Gasteiger partial charge in [0.2, 0.25) is 0 Å². The van der Waals surface area contributed by atoms with E-state index in [0.717, 1.165) is 89.0 Å². The largest absolute Gasteiger partial charge is 0.455 e.